The summed E-state index contributed by atoms with van der Waals surface area (Å²) in [6.07, 6.45) is 6.50. The molecule has 1 unspecified atom stereocenters. The van der Waals surface area contributed by atoms with Crippen LogP contribution in [0, 0.1) is 0 Å². The molecule has 1 aliphatic rings. The Hall–Kier alpha value is 0.260. The number of halogens is 1. The van der Waals surface area contributed by atoms with E-state index in [2.05, 4.69) is 22.5 Å². The highest BCUT2D eigenvalue weighted by atomic mass is 79.9. The van der Waals surface area contributed by atoms with Gasteiger partial charge in [0.15, 0.2) is 0 Å². The maximum absolute atomic E-state index is 12.7. The van der Waals surface area contributed by atoms with Crippen LogP contribution in [-0.2, 0) is 10.8 Å². The Bertz CT molecular complexity index is 338. The number of rotatable bonds is 5. The first kappa shape index (κ1) is 16.3. The number of allylic oxidation sites excluding steroid dienone is 1. The van der Waals surface area contributed by atoms with Crippen LogP contribution in [0.2, 0.25) is 0 Å². The van der Waals surface area contributed by atoms with Crippen molar-refractivity contribution in [2.75, 3.05) is 14.1 Å². The molecule has 2 atom stereocenters. The van der Waals surface area contributed by atoms with E-state index in [9.17, 15) is 4.21 Å². The lowest BCUT2D eigenvalue weighted by Crippen LogP contribution is -2.39. The van der Waals surface area contributed by atoms with E-state index in [-0.39, 0.29) is 5.25 Å². The molecule has 0 aromatic heterocycles. The van der Waals surface area contributed by atoms with Gasteiger partial charge in [-0.05, 0) is 23.7 Å². The second kappa shape index (κ2) is 7.75. The Morgan fingerprint density at radius 1 is 1.44 bits per heavy atom. The summed E-state index contributed by atoms with van der Waals surface area (Å²) in [4.78, 5) is 2.68. The first-order chi connectivity index (χ1) is 8.43. The number of nitrogens with zero attached hydrogens (tertiary/aromatic N) is 1. The second-order valence-corrected chi connectivity index (χ2v) is 8.46. The summed E-state index contributed by atoms with van der Waals surface area (Å²) >= 11 is 8.81. The molecule has 0 aliphatic heterocycles. The molecule has 18 heavy (non-hydrogen) atoms. The molecule has 0 bridgehead atoms. The number of hydrogen-bond donors (Lipinski definition) is 0. The number of hydrogen-bond acceptors (Lipinski definition) is 2. The Balaban J connectivity index is 2.77. The first-order valence-electron chi connectivity index (χ1n) is 6.37. The van der Waals surface area contributed by atoms with Crippen LogP contribution >= 0.6 is 28.1 Å². The molecule has 0 aromatic rings. The summed E-state index contributed by atoms with van der Waals surface area (Å²) in [7, 11) is 2.95. The van der Waals surface area contributed by atoms with E-state index < -0.39 is 10.8 Å². The Kier molecular flexibility index (Phi) is 7.03. The van der Waals surface area contributed by atoms with Gasteiger partial charge in [-0.15, -0.1) is 0 Å². The maximum Gasteiger partial charge on any atom is 0.0936 e. The van der Waals surface area contributed by atoms with Gasteiger partial charge in [-0.2, -0.15) is 0 Å². The minimum Gasteiger partial charge on any atom is -0.371 e. The number of thiocarbonyl (C=S) groups is 1. The van der Waals surface area contributed by atoms with Crippen molar-refractivity contribution in [1.82, 2.24) is 4.90 Å². The molecule has 0 N–H and O–H groups in total. The molecular formula is C13H22BrNOS2. The molecule has 0 spiro atoms. The van der Waals surface area contributed by atoms with E-state index in [0.717, 1.165) is 22.3 Å². The van der Waals surface area contributed by atoms with Crippen molar-refractivity contribution in [1.29, 1.82) is 0 Å². The SMILES string of the molecule is C=C(Br)C[C@@H](C(=S)N(C)C)S(=O)C1CCCCC1. The lowest BCUT2D eigenvalue weighted by Gasteiger charge is -2.29. The Morgan fingerprint density at radius 2 is 2.00 bits per heavy atom. The van der Waals surface area contributed by atoms with E-state index in [1.165, 1.54) is 19.3 Å². The molecular weight excluding hydrogens is 330 g/mol. The van der Waals surface area contributed by atoms with Gasteiger partial charge in [0.05, 0.1) is 10.2 Å². The quantitative estimate of drug-likeness (QED) is 0.705. The Morgan fingerprint density at radius 3 is 2.44 bits per heavy atom. The van der Waals surface area contributed by atoms with E-state index in [1.807, 2.05) is 19.0 Å². The average molecular weight is 352 g/mol. The van der Waals surface area contributed by atoms with E-state index in [0.29, 0.717) is 11.7 Å². The highest BCUT2D eigenvalue weighted by molar-refractivity contribution is 9.11. The second-order valence-electron chi connectivity index (χ2n) is 5.03. The van der Waals surface area contributed by atoms with Crippen LogP contribution in [-0.4, -0.2) is 38.7 Å². The summed E-state index contributed by atoms with van der Waals surface area (Å²) in [6, 6.07) is 0. The molecule has 0 saturated heterocycles. The maximum atomic E-state index is 12.7. The van der Waals surface area contributed by atoms with Gasteiger partial charge >= 0.3 is 0 Å². The van der Waals surface area contributed by atoms with E-state index in [1.54, 1.807) is 0 Å². The van der Waals surface area contributed by atoms with E-state index in [4.69, 9.17) is 12.2 Å². The minimum atomic E-state index is -0.889. The minimum absolute atomic E-state index is 0.0787. The monoisotopic (exact) mass is 351 g/mol. The van der Waals surface area contributed by atoms with Gasteiger partial charge in [0.25, 0.3) is 0 Å². The largest absolute Gasteiger partial charge is 0.371 e. The fourth-order valence-corrected chi connectivity index (χ4v) is 5.23. The van der Waals surface area contributed by atoms with Crippen molar-refractivity contribution < 1.29 is 4.21 Å². The van der Waals surface area contributed by atoms with Crippen LogP contribution in [0.25, 0.3) is 0 Å². The third kappa shape index (κ3) is 4.74. The van der Waals surface area contributed by atoms with Crippen LogP contribution in [0.1, 0.15) is 38.5 Å². The van der Waals surface area contributed by atoms with Crippen molar-refractivity contribution in [2.45, 2.75) is 49.0 Å². The van der Waals surface area contributed by atoms with Crippen molar-refractivity contribution in [2.24, 2.45) is 0 Å². The normalized spacial score (nSPS) is 20.2. The summed E-state index contributed by atoms with van der Waals surface area (Å²) in [5.41, 5.74) is 0. The molecule has 2 nitrogen and oxygen atoms in total. The van der Waals surface area contributed by atoms with Gasteiger partial charge < -0.3 is 4.90 Å². The molecule has 1 saturated carbocycles. The summed E-state index contributed by atoms with van der Waals surface area (Å²) < 4.78 is 13.6. The molecule has 1 rings (SSSR count). The topological polar surface area (TPSA) is 20.3 Å². The third-order valence-corrected chi connectivity index (χ3v) is 6.49. The fraction of sp³-hybridized carbons (Fsp3) is 0.769. The average Bonchev–Trinajstić information content (AvgIpc) is 2.35. The van der Waals surface area contributed by atoms with Gasteiger partial charge in [-0.1, -0.05) is 54.0 Å². The molecule has 0 amide bonds. The molecule has 5 heteroatoms. The Labute approximate surface area is 127 Å². The zero-order valence-corrected chi connectivity index (χ0v) is 14.4. The standard InChI is InChI=1S/C13H22BrNOS2/c1-10(14)9-12(13(17)15(2)3)18(16)11-7-5-4-6-8-11/h11-12H,1,4-9H2,2-3H3/t12-,18?/m0/s1. The lowest BCUT2D eigenvalue weighted by atomic mass is 10.0. The molecule has 1 fully saturated rings. The summed E-state index contributed by atoms with van der Waals surface area (Å²) in [5, 5.41) is 0.235. The molecule has 1 aliphatic carbocycles. The van der Waals surface area contributed by atoms with Crippen molar-refractivity contribution in [3.05, 3.63) is 11.1 Å². The van der Waals surface area contributed by atoms with Gasteiger partial charge in [0.1, 0.15) is 0 Å². The molecule has 104 valence electrons. The van der Waals surface area contributed by atoms with Gasteiger partial charge in [-0.3, -0.25) is 4.21 Å². The predicted molar refractivity (Wildman–Crippen MR) is 87.8 cm³/mol. The van der Waals surface area contributed by atoms with E-state index >= 15 is 0 Å². The van der Waals surface area contributed by atoms with Crippen LogP contribution in [0.4, 0.5) is 0 Å². The van der Waals surface area contributed by atoms with Crippen molar-refractivity contribution in [3.63, 3.8) is 0 Å². The highest BCUT2D eigenvalue weighted by Gasteiger charge is 2.30. The summed E-state index contributed by atoms with van der Waals surface area (Å²) in [6.45, 7) is 3.87. The van der Waals surface area contributed by atoms with Crippen molar-refractivity contribution >= 4 is 43.9 Å². The molecule has 0 radical (unpaired) electrons. The van der Waals surface area contributed by atoms with Crippen molar-refractivity contribution in [3.8, 4) is 0 Å². The predicted octanol–water partition coefficient (Wildman–Crippen LogP) is 3.62. The zero-order valence-electron chi connectivity index (χ0n) is 11.2. The third-order valence-electron chi connectivity index (χ3n) is 3.28. The van der Waals surface area contributed by atoms with Gasteiger partial charge in [-0.25, -0.2) is 0 Å². The van der Waals surface area contributed by atoms with Gasteiger partial charge in [0.2, 0.25) is 0 Å². The molecule has 0 aromatic carbocycles. The van der Waals surface area contributed by atoms with Crippen LogP contribution < -0.4 is 0 Å². The van der Waals surface area contributed by atoms with Gasteiger partial charge in [0, 0.05) is 30.1 Å². The van der Waals surface area contributed by atoms with Crippen LogP contribution in [0.5, 0.6) is 0 Å². The highest BCUT2D eigenvalue weighted by Crippen LogP contribution is 2.27. The lowest BCUT2D eigenvalue weighted by molar-refractivity contribution is 0.502. The van der Waals surface area contributed by atoms with Crippen LogP contribution in [0.3, 0.4) is 0 Å². The fourth-order valence-electron chi connectivity index (χ4n) is 2.29. The smallest absolute Gasteiger partial charge is 0.0936 e. The zero-order chi connectivity index (χ0) is 13.7. The van der Waals surface area contributed by atoms with Crippen LogP contribution in [0.15, 0.2) is 11.1 Å². The molecule has 0 heterocycles. The first-order valence-corrected chi connectivity index (χ1v) is 8.85. The summed E-state index contributed by atoms with van der Waals surface area (Å²) in [5.74, 6) is 0.